The molecule has 12 heteroatoms. The van der Waals surface area contributed by atoms with E-state index >= 15 is 0 Å². The fraction of sp³-hybridized carbons (Fsp3) is 0.161. The van der Waals surface area contributed by atoms with Crippen LogP contribution >= 0.6 is 46.3 Å². The van der Waals surface area contributed by atoms with Crippen molar-refractivity contribution in [1.29, 1.82) is 0 Å². The van der Waals surface area contributed by atoms with Crippen molar-refractivity contribution in [2.45, 2.75) is 30.9 Å². The maximum absolute atomic E-state index is 13.3. The number of esters is 1. The Morgan fingerprint density at radius 2 is 1.58 bits per heavy atom. The van der Waals surface area contributed by atoms with Crippen LogP contribution in [-0.4, -0.2) is 35.5 Å². The summed E-state index contributed by atoms with van der Waals surface area (Å²) in [4.78, 5) is 52.9. The topological polar surface area (TPSA) is 114 Å². The summed E-state index contributed by atoms with van der Waals surface area (Å²) in [5.74, 6) is -1.81. The van der Waals surface area contributed by atoms with Gasteiger partial charge in [-0.3, -0.25) is 14.4 Å². The van der Waals surface area contributed by atoms with Crippen molar-refractivity contribution >= 4 is 86.4 Å². The Labute approximate surface area is 267 Å². The van der Waals surface area contributed by atoms with Crippen LogP contribution in [0.25, 0.3) is 0 Å². The van der Waals surface area contributed by atoms with Gasteiger partial charge in [0.15, 0.2) is 0 Å². The number of benzene rings is 3. The quantitative estimate of drug-likeness (QED) is 0.117. The van der Waals surface area contributed by atoms with Gasteiger partial charge in [-0.05, 0) is 74.9 Å². The number of halogens is 2. The zero-order chi connectivity index (χ0) is 31.1. The molecule has 0 aliphatic carbocycles. The summed E-state index contributed by atoms with van der Waals surface area (Å²) in [6, 6.07) is 20.6. The van der Waals surface area contributed by atoms with Crippen LogP contribution in [0.15, 0.2) is 77.7 Å². The van der Waals surface area contributed by atoms with Crippen LogP contribution in [0.3, 0.4) is 0 Å². The van der Waals surface area contributed by atoms with E-state index in [4.69, 9.17) is 27.9 Å². The molecule has 0 aliphatic rings. The Morgan fingerprint density at radius 1 is 0.884 bits per heavy atom. The molecule has 1 heterocycles. The molecule has 1 unspecified atom stereocenters. The molecule has 0 bridgehead atoms. The second-order valence-electron chi connectivity index (χ2n) is 9.16. The molecule has 4 rings (SSSR count). The van der Waals surface area contributed by atoms with Gasteiger partial charge in [-0.1, -0.05) is 47.5 Å². The van der Waals surface area contributed by atoms with Crippen LogP contribution in [0.5, 0.6) is 0 Å². The van der Waals surface area contributed by atoms with Crippen molar-refractivity contribution in [2.75, 3.05) is 22.6 Å². The van der Waals surface area contributed by atoms with E-state index < -0.39 is 23.0 Å². The van der Waals surface area contributed by atoms with Crippen LogP contribution in [0.1, 0.15) is 49.8 Å². The first kappa shape index (κ1) is 32.1. The average molecular weight is 657 g/mol. The van der Waals surface area contributed by atoms with Crippen molar-refractivity contribution in [1.82, 2.24) is 0 Å². The fourth-order valence-electron chi connectivity index (χ4n) is 3.97. The first-order valence-corrected chi connectivity index (χ1v) is 15.5. The highest BCUT2D eigenvalue weighted by atomic mass is 35.5. The molecule has 0 fully saturated rings. The van der Waals surface area contributed by atoms with E-state index in [0.717, 1.165) is 16.2 Å². The summed E-state index contributed by atoms with van der Waals surface area (Å²) in [7, 11) is 0. The number of nitrogens with one attached hydrogen (secondary N) is 3. The van der Waals surface area contributed by atoms with E-state index in [1.54, 1.807) is 75.4 Å². The molecule has 1 aromatic heterocycles. The fourth-order valence-corrected chi connectivity index (χ4v) is 6.48. The number of thiophene rings is 1. The Kier molecular flexibility index (Phi) is 10.9. The summed E-state index contributed by atoms with van der Waals surface area (Å²) in [6.45, 7) is 5.18. The molecule has 8 nitrogen and oxygen atoms in total. The largest absolute Gasteiger partial charge is 0.462 e. The maximum atomic E-state index is 13.3. The van der Waals surface area contributed by atoms with Gasteiger partial charge in [0.1, 0.15) is 5.00 Å². The van der Waals surface area contributed by atoms with Gasteiger partial charge in [0.25, 0.3) is 11.8 Å². The molecule has 0 aliphatic heterocycles. The van der Waals surface area contributed by atoms with Crippen molar-refractivity contribution in [3.8, 4) is 0 Å². The molecule has 3 amide bonds. The Balaban J connectivity index is 1.48. The highest BCUT2D eigenvalue weighted by molar-refractivity contribution is 8.00. The third-order valence-corrected chi connectivity index (χ3v) is 8.90. The van der Waals surface area contributed by atoms with Gasteiger partial charge < -0.3 is 20.7 Å². The zero-order valence-corrected chi connectivity index (χ0v) is 26.5. The van der Waals surface area contributed by atoms with E-state index in [1.165, 1.54) is 17.8 Å². The van der Waals surface area contributed by atoms with E-state index in [-0.39, 0.29) is 38.5 Å². The lowest BCUT2D eigenvalue weighted by molar-refractivity contribution is -0.115. The Bertz CT molecular complexity index is 1680. The van der Waals surface area contributed by atoms with Crippen molar-refractivity contribution in [3.63, 3.8) is 0 Å². The predicted octanol–water partition coefficient (Wildman–Crippen LogP) is 8.16. The highest BCUT2D eigenvalue weighted by Crippen LogP contribution is 2.35. The minimum atomic E-state index is -0.630. The van der Waals surface area contributed by atoms with Gasteiger partial charge in [0.05, 0.1) is 32.9 Å². The van der Waals surface area contributed by atoms with Crippen molar-refractivity contribution in [2.24, 2.45) is 0 Å². The average Bonchev–Trinajstić information content (AvgIpc) is 3.29. The number of thioether (sulfide) groups is 1. The van der Waals surface area contributed by atoms with Crippen LogP contribution < -0.4 is 16.0 Å². The molecule has 0 saturated heterocycles. The summed E-state index contributed by atoms with van der Waals surface area (Å²) in [5.41, 5.74) is 1.94. The molecule has 0 radical (unpaired) electrons. The second-order valence-corrected chi connectivity index (χ2v) is 12.4. The standard InChI is InChI=1S/C31H27Cl2N3O5S2/c1-4-41-31(40)25-17(2)26(29(39)34-20-9-6-5-7-10-20)43-30(25)36-27(37)18(3)42-22-12-8-11-21(16-22)35-28(38)23-14-13-19(32)15-24(23)33/h5-16,18H,4H2,1-3H3,(H,34,39)(H,35,38)(H,36,37). The Hall–Kier alpha value is -3.83. The maximum Gasteiger partial charge on any atom is 0.341 e. The van der Waals surface area contributed by atoms with Crippen LogP contribution in [-0.2, 0) is 9.53 Å². The minimum absolute atomic E-state index is 0.135. The number of ether oxygens (including phenoxy) is 1. The second kappa shape index (κ2) is 14.6. The first-order chi connectivity index (χ1) is 20.6. The third kappa shape index (κ3) is 8.17. The first-order valence-electron chi connectivity index (χ1n) is 13.1. The smallest absolute Gasteiger partial charge is 0.341 e. The van der Waals surface area contributed by atoms with E-state index in [2.05, 4.69) is 16.0 Å². The van der Waals surface area contributed by atoms with E-state index in [0.29, 0.717) is 22.0 Å². The number of anilines is 3. The summed E-state index contributed by atoms with van der Waals surface area (Å²) < 4.78 is 5.22. The summed E-state index contributed by atoms with van der Waals surface area (Å²) in [6.07, 6.45) is 0. The molecule has 43 heavy (non-hydrogen) atoms. The molecule has 3 N–H and O–H groups in total. The number of hydrogen-bond acceptors (Lipinski definition) is 7. The lowest BCUT2D eigenvalue weighted by atomic mass is 10.1. The van der Waals surface area contributed by atoms with E-state index in [1.807, 2.05) is 12.1 Å². The number of carbonyl (C=O) groups excluding carboxylic acids is 4. The summed E-state index contributed by atoms with van der Waals surface area (Å²) >= 11 is 14.4. The number of para-hydroxylation sites is 1. The number of rotatable bonds is 10. The zero-order valence-electron chi connectivity index (χ0n) is 23.3. The molecule has 222 valence electrons. The van der Waals surface area contributed by atoms with Crippen molar-refractivity contribution in [3.05, 3.63) is 104 Å². The Morgan fingerprint density at radius 3 is 2.28 bits per heavy atom. The van der Waals surface area contributed by atoms with Crippen LogP contribution in [0, 0.1) is 6.92 Å². The normalized spacial score (nSPS) is 11.4. The SMILES string of the molecule is CCOC(=O)c1c(NC(=O)C(C)Sc2cccc(NC(=O)c3ccc(Cl)cc3Cl)c2)sc(C(=O)Nc2ccccc2)c1C. The monoisotopic (exact) mass is 655 g/mol. The van der Waals surface area contributed by atoms with Crippen molar-refractivity contribution < 1.29 is 23.9 Å². The van der Waals surface area contributed by atoms with Gasteiger partial charge in [-0.25, -0.2) is 4.79 Å². The molecular formula is C31H27Cl2N3O5S2. The molecule has 0 saturated carbocycles. The predicted molar refractivity (Wildman–Crippen MR) is 174 cm³/mol. The number of carbonyl (C=O) groups is 4. The van der Waals surface area contributed by atoms with Gasteiger partial charge in [-0.15, -0.1) is 23.1 Å². The summed E-state index contributed by atoms with van der Waals surface area (Å²) in [5, 5.41) is 8.71. The lowest BCUT2D eigenvalue weighted by Gasteiger charge is -2.13. The molecule has 3 aromatic carbocycles. The molecule has 1 atom stereocenters. The van der Waals surface area contributed by atoms with Crippen LogP contribution in [0.2, 0.25) is 10.0 Å². The van der Waals surface area contributed by atoms with Gasteiger partial charge >= 0.3 is 5.97 Å². The molecular weight excluding hydrogens is 629 g/mol. The third-order valence-electron chi connectivity index (χ3n) is 6.05. The van der Waals surface area contributed by atoms with Gasteiger partial charge in [-0.2, -0.15) is 0 Å². The molecule has 0 spiro atoms. The number of hydrogen-bond donors (Lipinski definition) is 3. The van der Waals surface area contributed by atoms with Gasteiger partial charge in [0, 0.05) is 21.3 Å². The van der Waals surface area contributed by atoms with E-state index in [9.17, 15) is 19.2 Å². The number of amides is 3. The molecule has 4 aromatic rings. The lowest BCUT2D eigenvalue weighted by Crippen LogP contribution is -2.23. The van der Waals surface area contributed by atoms with Crippen LogP contribution in [0.4, 0.5) is 16.4 Å². The highest BCUT2D eigenvalue weighted by Gasteiger charge is 2.28. The minimum Gasteiger partial charge on any atom is -0.462 e. The van der Waals surface area contributed by atoms with Gasteiger partial charge in [0.2, 0.25) is 5.91 Å².